The van der Waals surface area contributed by atoms with Crippen molar-refractivity contribution >= 4 is 34.2 Å². The molecule has 0 fully saturated rings. The third kappa shape index (κ3) is 4.72. The second-order valence-corrected chi connectivity index (χ2v) is 6.24. The number of amides is 1. The van der Waals surface area contributed by atoms with Crippen molar-refractivity contribution in [2.45, 2.75) is 12.6 Å². The van der Waals surface area contributed by atoms with E-state index in [0.717, 1.165) is 21.3 Å². The summed E-state index contributed by atoms with van der Waals surface area (Å²) in [4.78, 5) is 14.4. The smallest absolute Gasteiger partial charge is 0.244 e. The lowest BCUT2D eigenvalue weighted by Crippen LogP contribution is -2.37. The fourth-order valence-corrected chi connectivity index (χ4v) is 2.85. The molecule has 0 aliphatic rings. The number of hydrogen-bond acceptors (Lipinski definition) is 4. The molecule has 0 saturated heterocycles. The predicted octanol–water partition coefficient (Wildman–Crippen LogP) is 2.53. The van der Waals surface area contributed by atoms with Crippen molar-refractivity contribution < 1.29 is 9.53 Å². The molecule has 6 nitrogen and oxygen atoms in total. The first kappa shape index (κ1) is 20.5. The first-order valence-electron chi connectivity index (χ1n) is 7.19. The van der Waals surface area contributed by atoms with Crippen molar-refractivity contribution in [3.05, 3.63) is 46.2 Å². The minimum absolute atomic E-state index is 0. The number of halogens is 2. The Morgan fingerprint density at radius 1 is 1.50 bits per heavy atom. The van der Waals surface area contributed by atoms with Gasteiger partial charge in [0.2, 0.25) is 5.91 Å². The summed E-state index contributed by atoms with van der Waals surface area (Å²) in [7, 11) is 7.00. The Labute approximate surface area is 156 Å². The van der Waals surface area contributed by atoms with E-state index in [4.69, 9.17) is 4.74 Å². The number of aromatic nitrogens is 2. The van der Waals surface area contributed by atoms with Crippen molar-refractivity contribution in [3.63, 3.8) is 0 Å². The predicted molar refractivity (Wildman–Crippen MR) is 99.4 cm³/mol. The van der Waals surface area contributed by atoms with Gasteiger partial charge in [0.05, 0.1) is 13.3 Å². The van der Waals surface area contributed by atoms with Gasteiger partial charge in [-0.05, 0) is 25.2 Å². The molecule has 0 bridgehead atoms. The number of rotatable bonds is 6. The Balaban J connectivity index is 0.00000288. The second kappa shape index (κ2) is 9.05. The van der Waals surface area contributed by atoms with E-state index in [1.165, 1.54) is 0 Å². The number of nitrogens with zero attached hydrogens (tertiary/aromatic N) is 3. The number of carbonyl (C=O) groups excluding carboxylic acids is 1. The van der Waals surface area contributed by atoms with Crippen LogP contribution in [0.5, 0.6) is 5.75 Å². The van der Waals surface area contributed by atoms with Gasteiger partial charge in [-0.25, -0.2) is 0 Å². The fraction of sp³-hybridized carbons (Fsp3) is 0.375. The maximum absolute atomic E-state index is 12.7. The Hall–Kier alpha value is -1.57. The molecule has 1 aromatic heterocycles. The molecular weight excluding hydrogens is 396 g/mol. The molecule has 0 spiro atoms. The summed E-state index contributed by atoms with van der Waals surface area (Å²) in [5.41, 5.74) is 1.78. The van der Waals surface area contributed by atoms with Crippen molar-refractivity contribution in [2.24, 2.45) is 7.05 Å². The minimum Gasteiger partial charge on any atom is -0.496 e. The maximum atomic E-state index is 12.7. The van der Waals surface area contributed by atoms with E-state index in [2.05, 4.69) is 26.3 Å². The monoisotopic (exact) mass is 416 g/mol. The normalized spacial score (nSPS) is 11.5. The molecule has 1 heterocycles. The molecule has 0 aliphatic heterocycles. The van der Waals surface area contributed by atoms with Crippen LogP contribution in [0.4, 0.5) is 0 Å². The van der Waals surface area contributed by atoms with Gasteiger partial charge >= 0.3 is 0 Å². The summed E-state index contributed by atoms with van der Waals surface area (Å²) >= 11 is 3.45. The maximum Gasteiger partial charge on any atom is 0.244 e. The van der Waals surface area contributed by atoms with Crippen LogP contribution in [0.1, 0.15) is 17.2 Å². The number of methoxy groups -OCH3 is 1. The van der Waals surface area contributed by atoms with Gasteiger partial charge in [-0.15, -0.1) is 12.4 Å². The van der Waals surface area contributed by atoms with E-state index >= 15 is 0 Å². The van der Waals surface area contributed by atoms with E-state index in [1.54, 1.807) is 37.0 Å². The van der Waals surface area contributed by atoms with Crippen LogP contribution >= 0.6 is 28.3 Å². The average molecular weight is 418 g/mol. The van der Waals surface area contributed by atoms with Crippen molar-refractivity contribution in [3.8, 4) is 5.75 Å². The highest BCUT2D eigenvalue weighted by atomic mass is 79.9. The zero-order valence-corrected chi connectivity index (χ0v) is 16.5. The SMILES string of the molecule is CNC(C(=O)N(C)Cc1cc(Br)ccc1OC)c1cnn(C)c1.Cl. The van der Waals surface area contributed by atoms with Crippen LogP contribution in [-0.2, 0) is 18.4 Å². The third-order valence-corrected chi connectivity index (χ3v) is 4.11. The number of hydrogen-bond donors (Lipinski definition) is 1. The standard InChI is InChI=1S/C16H21BrN4O2.ClH/c1-18-15(12-8-19-21(3)10-12)16(22)20(2)9-11-7-13(17)5-6-14(11)23-4;/h5-8,10,15,18H,9H2,1-4H3;1H. The highest BCUT2D eigenvalue weighted by Crippen LogP contribution is 2.25. The molecule has 24 heavy (non-hydrogen) atoms. The molecule has 1 aromatic carbocycles. The van der Waals surface area contributed by atoms with Crippen LogP contribution in [0.3, 0.4) is 0 Å². The van der Waals surface area contributed by atoms with Gasteiger partial charge < -0.3 is 15.0 Å². The van der Waals surface area contributed by atoms with Crippen LogP contribution in [0.2, 0.25) is 0 Å². The summed E-state index contributed by atoms with van der Waals surface area (Å²) in [6, 6.07) is 5.33. The van der Waals surface area contributed by atoms with Crippen molar-refractivity contribution in [1.29, 1.82) is 0 Å². The number of carbonyl (C=O) groups is 1. The summed E-state index contributed by atoms with van der Waals surface area (Å²) in [6.45, 7) is 0.458. The molecule has 1 atom stereocenters. The van der Waals surface area contributed by atoms with Crippen molar-refractivity contribution in [2.75, 3.05) is 21.2 Å². The number of benzene rings is 1. The topological polar surface area (TPSA) is 59.4 Å². The van der Waals surface area contributed by atoms with Crippen LogP contribution in [0.15, 0.2) is 35.1 Å². The molecule has 2 rings (SSSR count). The van der Waals surface area contributed by atoms with E-state index in [-0.39, 0.29) is 18.3 Å². The molecule has 1 unspecified atom stereocenters. The number of ether oxygens (including phenoxy) is 1. The molecule has 2 aromatic rings. The number of likely N-dealkylation sites (N-methyl/N-ethyl adjacent to an activating group) is 2. The van der Waals surface area contributed by atoms with Gasteiger partial charge in [0.1, 0.15) is 11.8 Å². The Kier molecular flexibility index (Phi) is 7.72. The molecule has 8 heteroatoms. The molecule has 0 radical (unpaired) electrons. The van der Waals surface area contributed by atoms with Gasteiger partial charge in [0.15, 0.2) is 0 Å². The molecule has 1 amide bonds. The van der Waals surface area contributed by atoms with Gasteiger partial charge in [-0.1, -0.05) is 15.9 Å². The van der Waals surface area contributed by atoms with E-state index in [9.17, 15) is 4.79 Å². The minimum atomic E-state index is -0.424. The van der Waals surface area contributed by atoms with Crippen LogP contribution in [-0.4, -0.2) is 41.8 Å². The molecule has 0 aliphatic carbocycles. The summed E-state index contributed by atoms with van der Waals surface area (Å²) < 4.78 is 8.00. The first-order chi connectivity index (χ1) is 11.0. The first-order valence-corrected chi connectivity index (χ1v) is 7.98. The molecule has 132 valence electrons. The summed E-state index contributed by atoms with van der Waals surface area (Å²) in [6.07, 6.45) is 3.54. The zero-order valence-electron chi connectivity index (χ0n) is 14.1. The quantitative estimate of drug-likeness (QED) is 0.785. The van der Waals surface area contributed by atoms with E-state index in [1.807, 2.05) is 31.4 Å². The number of nitrogens with one attached hydrogen (secondary N) is 1. The summed E-state index contributed by atoms with van der Waals surface area (Å²) in [5.74, 6) is 0.734. The van der Waals surface area contributed by atoms with Crippen LogP contribution < -0.4 is 10.1 Å². The van der Waals surface area contributed by atoms with Crippen LogP contribution in [0, 0.1) is 0 Å². The lowest BCUT2D eigenvalue weighted by atomic mass is 10.1. The zero-order chi connectivity index (χ0) is 17.0. The van der Waals surface area contributed by atoms with Crippen LogP contribution in [0.25, 0.3) is 0 Å². The molecular formula is C16H22BrClN4O2. The summed E-state index contributed by atoms with van der Waals surface area (Å²) in [5, 5.41) is 7.18. The van der Waals surface area contributed by atoms with Gasteiger partial charge in [0.25, 0.3) is 0 Å². The Bertz CT molecular complexity index is 692. The fourth-order valence-electron chi connectivity index (χ4n) is 2.45. The highest BCUT2D eigenvalue weighted by molar-refractivity contribution is 9.10. The van der Waals surface area contributed by atoms with E-state index in [0.29, 0.717) is 6.54 Å². The van der Waals surface area contributed by atoms with Gasteiger partial charge in [-0.3, -0.25) is 9.48 Å². The number of aryl methyl sites for hydroxylation is 1. The Morgan fingerprint density at radius 3 is 2.75 bits per heavy atom. The van der Waals surface area contributed by atoms with Crippen molar-refractivity contribution in [1.82, 2.24) is 20.0 Å². The third-order valence-electron chi connectivity index (χ3n) is 3.62. The Morgan fingerprint density at radius 2 is 2.21 bits per heavy atom. The lowest BCUT2D eigenvalue weighted by Gasteiger charge is -2.24. The molecule has 1 N–H and O–H groups in total. The largest absolute Gasteiger partial charge is 0.496 e. The molecule has 0 saturated carbocycles. The lowest BCUT2D eigenvalue weighted by molar-refractivity contribution is -0.132. The van der Waals surface area contributed by atoms with Gasteiger partial charge in [0, 0.05) is 42.4 Å². The van der Waals surface area contributed by atoms with E-state index < -0.39 is 6.04 Å². The van der Waals surface area contributed by atoms with Gasteiger partial charge in [-0.2, -0.15) is 5.10 Å². The second-order valence-electron chi connectivity index (χ2n) is 5.32. The highest BCUT2D eigenvalue weighted by Gasteiger charge is 2.24. The average Bonchev–Trinajstić information content (AvgIpc) is 2.94.